The van der Waals surface area contributed by atoms with Gasteiger partial charge in [-0.2, -0.15) is 0 Å². The summed E-state index contributed by atoms with van der Waals surface area (Å²) < 4.78 is 19.5. The summed E-state index contributed by atoms with van der Waals surface area (Å²) >= 11 is 18.6. The zero-order valence-electron chi connectivity index (χ0n) is 14.3. The van der Waals surface area contributed by atoms with E-state index in [1.165, 1.54) is 29.5 Å². The van der Waals surface area contributed by atoms with Gasteiger partial charge in [-0.05, 0) is 54.7 Å². The predicted octanol–water partition coefficient (Wildman–Crippen LogP) is 6.13. The highest BCUT2D eigenvalue weighted by Crippen LogP contribution is 2.34. The molecule has 1 amide bonds. The molecule has 0 aliphatic carbocycles. The number of thiocarbonyl (C=S) groups is 1. The number of nitrogens with one attached hydrogen (secondary N) is 2. The third-order valence-electron chi connectivity index (χ3n) is 3.84. The molecule has 2 aromatic carbocycles. The highest BCUT2D eigenvalue weighted by molar-refractivity contribution is 7.80. The van der Waals surface area contributed by atoms with Gasteiger partial charge in [-0.1, -0.05) is 40.6 Å². The minimum absolute atomic E-state index is 0.0354. The van der Waals surface area contributed by atoms with Crippen LogP contribution in [-0.2, 0) is 0 Å². The number of carbonyl (C=O) groups is 1. The lowest BCUT2D eigenvalue weighted by molar-refractivity contribution is 0.0951. The molecule has 2 heterocycles. The molecule has 4 rings (SSSR count). The molecular weight excluding hydrogens is 456 g/mol. The van der Waals surface area contributed by atoms with Crippen molar-refractivity contribution >= 4 is 73.1 Å². The number of halogens is 3. The second-order valence-corrected chi connectivity index (χ2v) is 8.03. The number of benzene rings is 2. The Morgan fingerprint density at radius 3 is 2.83 bits per heavy atom. The number of rotatable bonds is 3. The van der Waals surface area contributed by atoms with Gasteiger partial charge in [0.2, 0.25) is 0 Å². The summed E-state index contributed by atoms with van der Waals surface area (Å²) in [6.07, 6.45) is 0. The number of carbonyl (C=O) groups excluding carboxylic acids is 1. The van der Waals surface area contributed by atoms with Crippen molar-refractivity contribution in [3.63, 3.8) is 0 Å². The van der Waals surface area contributed by atoms with E-state index in [9.17, 15) is 9.18 Å². The minimum Gasteiger partial charge on any atom is -0.451 e. The molecule has 0 saturated carbocycles. The summed E-state index contributed by atoms with van der Waals surface area (Å²) in [6, 6.07) is 12.5. The summed E-state index contributed by atoms with van der Waals surface area (Å²) in [6.45, 7) is 0. The zero-order chi connectivity index (χ0) is 20.5. The van der Waals surface area contributed by atoms with Crippen molar-refractivity contribution in [2.24, 2.45) is 0 Å². The number of fused-ring (bicyclic) bond motifs is 1. The Morgan fingerprint density at radius 1 is 1.17 bits per heavy atom. The number of anilines is 1. The van der Waals surface area contributed by atoms with Gasteiger partial charge in [0.15, 0.2) is 16.0 Å². The number of amides is 1. The van der Waals surface area contributed by atoms with Crippen LogP contribution in [0.1, 0.15) is 10.6 Å². The van der Waals surface area contributed by atoms with Gasteiger partial charge in [0.1, 0.15) is 11.6 Å². The predicted molar refractivity (Wildman–Crippen MR) is 117 cm³/mol. The molecule has 0 radical (unpaired) electrons. The lowest BCUT2D eigenvalue weighted by Crippen LogP contribution is -2.33. The largest absolute Gasteiger partial charge is 0.451 e. The molecule has 146 valence electrons. The summed E-state index contributed by atoms with van der Waals surface area (Å²) in [5, 5.41) is 6.51. The summed E-state index contributed by atoms with van der Waals surface area (Å²) in [5.74, 6) is -0.447. The summed E-state index contributed by atoms with van der Waals surface area (Å²) in [4.78, 5) is 16.7. The van der Waals surface area contributed by atoms with Gasteiger partial charge in [-0.25, -0.2) is 9.37 Å². The Hall–Kier alpha value is -2.52. The Kier molecular flexibility index (Phi) is 5.51. The quantitative estimate of drug-likeness (QED) is 0.356. The summed E-state index contributed by atoms with van der Waals surface area (Å²) in [7, 11) is 0. The van der Waals surface area contributed by atoms with Crippen LogP contribution in [0, 0.1) is 5.82 Å². The van der Waals surface area contributed by atoms with E-state index in [1.54, 1.807) is 30.3 Å². The second kappa shape index (κ2) is 8.08. The van der Waals surface area contributed by atoms with Gasteiger partial charge in [0.05, 0.1) is 20.3 Å². The van der Waals surface area contributed by atoms with E-state index in [-0.39, 0.29) is 16.7 Å². The van der Waals surface area contributed by atoms with Gasteiger partial charge in [-0.15, -0.1) is 0 Å². The van der Waals surface area contributed by atoms with Crippen LogP contribution in [0.15, 0.2) is 52.9 Å². The number of aromatic nitrogens is 1. The van der Waals surface area contributed by atoms with Crippen molar-refractivity contribution in [2.45, 2.75) is 0 Å². The van der Waals surface area contributed by atoms with E-state index in [0.717, 1.165) is 0 Å². The van der Waals surface area contributed by atoms with E-state index in [2.05, 4.69) is 15.6 Å². The van der Waals surface area contributed by atoms with Crippen LogP contribution in [-0.4, -0.2) is 16.0 Å². The third-order valence-corrected chi connectivity index (χ3v) is 5.80. The van der Waals surface area contributed by atoms with Gasteiger partial charge in [0.25, 0.3) is 5.91 Å². The average Bonchev–Trinajstić information content (AvgIpc) is 3.30. The zero-order valence-corrected chi connectivity index (χ0v) is 17.5. The molecule has 0 fully saturated rings. The van der Waals surface area contributed by atoms with Crippen LogP contribution < -0.4 is 10.6 Å². The van der Waals surface area contributed by atoms with E-state index in [1.807, 2.05) is 0 Å². The maximum Gasteiger partial charge on any atom is 0.293 e. The molecule has 0 bridgehead atoms. The monoisotopic (exact) mass is 465 g/mol. The van der Waals surface area contributed by atoms with Crippen molar-refractivity contribution in [3.8, 4) is 11.3 Å². The number of thiazole rings is 1. The average molecular weight is 466 g/mol. The Balaban J connectivity index is 1.45. The van der Waals surface area contributed by atoms with Crippen LogP contribution in [0.2, 0.25) is 10.0 Å². The molecule has 0 atom stereocenters. The molecule has 29 heavy (non-hydrogen) atoms. The molecule has 2 N–H and O–H groups in total. The van der Waals surface area contributed by atoms with Crippen molar-refractivity contribution in [1.82, 2.24) is 10.3 Å². The minimum atomic E-state index is -0.543. The normalized spacial score (nSPS) is 10.9. The van der Waals surface area contributed by atoms with E-state index in [4.69, 9.17) is 39.8 Å². The van der Waals surface area contributed by atoms with Crippen molar-refractivity contribution in [3.05, 3.63) is 70.2 Å². The third kappa shape index (κ3) is 4.25. The van der Waals surface area contributed by atoms with Gasteiger partial charge in [0, 0.05) is 5.56 Å². The van der Waals surface area contributed by atoms with Crippen molar-refractivity contribution < 1.29 is 13.6 Å². The number of furan rings is 1. The maximum atomic E-state index is 13.3. The number of nitrogens with zero attached hydrogens (tertiary/aromatic N) is 1. The topological polar surface area (TPSA) is 67.2 Å². The van der Waals surface area contributed by atoms with E-state index >= 15 is 0 Å². The Morgan fingerprint density at radius 2 is 2.00 bits per heavy atom. The Bertz CT molecular complexity index is 1260. The van der Waals surface area contributed by atoms with Gasteiger partial charge in [-0.3, -0.25) is 10.1 Å². The lowest BCUT2D eigenvalue weighted by Gasteiger charge is -2.05. The molecule has 10 heteroatoms. The molecule has 5 nitrogen and oxygen atoms in total. The van der Waals surface area contributed by atoms with E-state index in [0.29, 0.717) is 36.7 Å². The second-order valence-electron chi connectivity index (χ2n) is 5.80. The number of hydrogen-bond donors (Lipinski definition) is 2. The van der Waals surface area contributed by atoms with E-state index < -0.39 is 5.91 Å². The first-order valence-electron chi connectivity index (χ1n) is 8.13. The van der Waals surface area contributed by atoms with Gasteiger partial charge >= 0.3 is 0 Å². The fourth-order valence-corrected chi connectivity index (χ4v) is 4.09. The first-order valence-corrected chi connectivity index (χ1v) is 10.1. The van der Waals surface area contributed by atoms with Crippen molar-refractivity contribution in [2.75, 3.05) is 5.32 Å². The molecule has 0 aliphatic rings. The van der Waals surface area contributed by atoms with Crippen LogP contribution >= 0.6 is 46.8 Å². The fraction of sp³-hybridized carbons (Fsp3) is 0. The van der Waals surface area contributed by atoms with Crippen LogP contribution in [0.5, 0.6) is 0 Å². The van der Waals surface area contributed by atoms with Crippen LogP contribution in [0.4, 0.5) is 9.52 Å². The molecule has 4 aromatic rings. The molecule has 0 aliphatic heterocycles. The van der Waals surface area contributed by atoms with Crippen LogP contribution in [0.3, 0.4) is 0 Å². The molecule has 0 unspecified atom stereocenters. The first-order chi connectivity index (χ1) is 13.9. The first kappa shape index (κ1) is 19.8. The highest BCUT2D eigenvalue weighted by Gasteiger charge is 2.16. The Labute approximate surface area is 183 Å². The number of hydrogen-bond acceptors (Lipinski definition) is 5. The van der Waals surface area contributed by atoms with Gasteiger partial charge < -0.3 is 9.73 Å². The maximum absolute atomic E-state index is 13.3. The summed E-state index contributed by atoms with van der Waals surface area (Å²) in [5.41, 5.74) is 1.20. The fourth-order valence-electron chi connectivity index (χ4n) is 2.54. The lowest BCUT2D eigenvalue weighted by atomic mass is 10.2. The molecule has 0 saturated heterocycles. The highest BCUT2D eigenvalue weighted by atomic mass is 35.5. The SMILES string of the molecule is O=C(NC(=S)Nc1nc2ccc(F)cc2s1)c1ccc(-c2cccc(Cl)c2Cl)o1. The smallest absolute Gasteiger partial charge is 0.293 e. The van der Waals surface area contributed by atoms with Crippen molar-refractivity contribution in [1.29, 1.82) is 0 Å². The standard InChI is InChI=1S/C19H10Cl2FN3O2S2/c20-11-3-1-2-10(16(11)21)13-6-7-14(27-13)17(26)24-18(28)25-19-23-12-5-4-9(22)8-15(12)29-19/h1-8H,(H2,23,24,25,26,28). The molecular formula is C19H10Cl2FN3O2S2. The molecule has 0 spiro atoms. The molecule has 2 aromatic heterocycles. The van der Waals surface area contributed by atoms with Crippen LogP contribution in [0.25, 0.3) is 21.5 Å².